The van der Waals surface area contributed by atoms with Crippen molar-refractivity contribution >= 4 is 29.3 Å². The number of ether oxygens (including phenoxy) is 1. The Balaban J connectivity index is 1.54. The van der Waals surface area contributed by atoms with Crippen molar-refractivity contribution in [2.75, 3.05) is 31.1 Å². The van der Waals surface area contributed by atoms with Gasteiger partial charge in [0.05, 0.1) is 13.1 Å². The smallest absolute Gasteiger partial charge is 0.410 e. The average Bonchev–Trinajstić information content (AvgIpc) is 3.34. The Bertz CT molecular complexity index is 1080. The lowest BCUT2D eigenvalue weighted by Gasteiger charge is -2.45. The molecule has 1 aromatic carbocycles. The molecule has 1 saturated heterocycles. The number of benzene rings is 1. The van der Waals surface area contributed by atoms with Crippen molar-refractivity contribution in [3.8, 4) is 0 Å². The van der Waals surface area contributed by atoms with Crippen molar-refractivity contribution in [3.63, 3.8) is 0 Å². The van der Waals surface area contributed by atoms with Gasteiger partial charge in [-0.2, -0.15) is 5.10 Å². The average molecular weight is 502 g/mol. The van der Waals surface area contributed by atoms with Crippen LogP contribution < -0.4 is 4.90 Å². The highest BCUT2D eigenvalue weighted by molar-refractivity contribution is 6.31. The lowest BCUT2D eigenvalue weighted by Crippen LogP contribution is -2.62. The number of amides is 2. The number of aromatic nitrogens is 2. The van der Waals surface area contributed by atoms with E-state index in [9.17, 15) is 9.59 Å². The summed E-state index contributed by atoms with van der Waals surface area (Å²) in [5, 5.41) is 4.97. The van der Waals surface area contributed by atoms with Crippen LogP contribution in [0.3, 0.4) is 0 Å². The van der Waals surface area contributed by atoms with Crippen LogP contribution in [0.1, 0.15) is 47.1 Å². The van der Waals surface area contributed by atoms with E-state index in [2.05, 4.69) is 23.8 Å². The van der Waals surface area contributed by atoms with E-state index in [4.69, 9.17) is 16.3 Å². The van der Waals surface area contributed by atoms with E-state index in [1.165, 1.54) is 0 Å². The van der Waals surface area contributed by atoms with Crippen molar-refractivity contribution in [2.24, 2.45) is 0 Å². The van der Waals surface area contributed by atoms with Crippen LogP contribution >= 0.6 is 11.6 Å². The standard InChI is InChI=1S/C26H36ClN5O3/c1-18-13-29(16-23(33)32-17-26(5,6)21-9-8-19(27)12-22(21)32)20(14-30-11-7-10-28-30)15-31(18)24(34)35-25(2,3)4/h7-12,18,20H,13-17H2,1-6H3/t18-,20+/m1/s1. The van der Waals surface area contributed by atoms with E-state index in [0.717, 1.165) is 11.3 Å². The second kappa shape index (κ2) is 9.47. The Kier molecular flexibility index (Phi) is 6.90. The Morgan fingerprint density at radius 1 is 1.23 bits per heavy atom. The minimum Gasteiger partial charge on any atom is -0.444 e. The summed E-state index contributed by atoms with van der Waals surface area (Å²) in [6.07, 6.45) is 3.31. The van der Waals surface area contributed by atoms with Gasteiger partial charge in [-0.15, -0.1) is 0 Å². The van der Waals surface area contributed by atoms with E-state index in [0.29, 0.717) is 31.2 Å². The molecule has 0 radical (unpaired) electrons. The molecule has 0 saturated carbocycles. The molecule has 35 heavy (non-hydrogen) atoms. The van der Waals surface area contributed by atoms with Crippen LogP contribution in [0.15, 0.2) is 36.7 Å². The molecule has 1 fully saturated rings. The van der Waals surface area contributed by atoms with Crippen molar-refractivity contribution in [1.29, 1.82) is 0 Å². The van der Waals surface area contributed by atoms with E-state index < -0.39 is 5.60 Å². The SMILES string of the molecule is C[C@@H]1CN(CC(=O)N2CC(C)(C)c3ccc(Cl)cc32)[C@@H](Cn2cccn2)CN1C(=O)OC(C)(C)C. The molecule has 2 amide bonds. The summed E-state index contributed by atoms with van der Waals surface area (Å²) in [4.78, 5) is 32.4. The number of anilines is 1. The van der Waals surface area contributed by atoms with Crippen molar-refractivity contribution in [2.45, 2.75) is 71.2 Å². The van der Waals surface area contributed by atoms with Gasteiger partial charge < -0.3 is 14.5 Å². The van der Waals surface area contributed by atoms with E-state index in [1.54, 1.807) is 11.1 Å². The lowest BCUT2D eigenvalue weighted by molar-refractivity contribution is -0.121. The third kappa shape index (κ3) is 5.64. The number of nitrogens with zero attached hydrogens (tertiary/aromatic N) is 5. The van der Waals surface area contributed by atoms with Gasteiger partial charge in [-0.3, -0.25) is 14.4 Å². The van der Waals surface area contributed by atoms with Crippen LogP contribution in [-0.4, -0.2) is 75.4 Å². The van der Waals surface area contributed by atoms with Crippen LogP contribution in [0.2, 0.25) is 5.02 Å². The van der Waals surface area contributed by atoms with E-state index in [-0.39, 0.29) is 36.0 Å². The molecule has 8 nitrogen and oxygen atoms in total. The Hall–Kier alpha value is -2.58. The van der Waals surface area contributed by atoms with Gasteiger partial charge in [0.1, 0.15) is 5.60 Å². The fraction of sp³-hybridized carbons (Fsp3) is 0.577. The molecule has 1 aromatic heterocycles. The number of carbonyl (C=O) groups excluding carboxylic acids is 2. The zero-order chi connectivity index (χ0) is 25.5. The minimum atomic E-state index is -0.571. The van der Waals surface area contributed by atoms with Crippen LogP contribution in [0, 0.1) is 0 Å². The lowest BCUT2D eigenvalue weighted by atomic mass is 9.87. The molecule has 0 spiro atoms. The number of carbonyl (C=O) groups is 2. The fourth-order valence-corrected chi connectivity index (χ4v) is 5.19. The van der Waals surface area contributed by atoms with Crippen LogP contribution in [-0.2, 0) is 21.5 Å². The van der Waals surface area contributed by atoms with Gasteiger partial charge in [0.2, 0.25) is 5.91 Å². The van der Waals surface area contributed by atoms with Gasteiger partial charge in [-0.05, 0) is 51.5 Å². The van der Waals surface area contributed by atoms with Gasteiger partial charge >= 0.3 is 6.09 Å². The predicted molar refractivity (Wildman–Crippen MR) is 137 cm³/mol. The molecule has 4 rings (SSSR count). The topological polar surface area (TPSA) is 70.9 Å². The molecule has 0 aliphatic carbocycles. The summed E-state index contributed by atoms with van der Waals surface area (Å²) < 4.78 is 7.51. The van der Waals surface area contributed by atoms with Crippen LogP contribution in [0.5, 0.6) is 0 Å². The monoisotopic (exact) mass is 501 g/mol. The molecule has 3 heterocycles. The number of piperazine rings is 1. The van der Waals surface area contributed by atoms with E-state index >= 15 is 0 Å². The minimum absolute atomic E-state index is 0.0301. The van der Waals surface area contributed by atoms with Gasteiger partial charge in [0, 0.05) is 60.2 Å². The maximum Gasteiger partial charge on any atom is 0.410 e. The van der Waals surface area contributed by atoms with Gasteiger partial charge in [-0.25, -0.2) is 4.79 Å². The maximum atomic E-state index is 13.6. The number of rotatable bonds is 4. The van der Waals surface area contributed by atoms with Crippen LogP contribution in [0.25, 0.3) is 0 Å². The van der Waals surface area contributed by atoms with Gasteiger partial charge in [0.15, 0.2) is 0 Å². The Morgan fingerprint density at radius 3 is 2.63 bits per heavy atom. The Morgan fingerprint density at radius 2 is 1.97 bits per heavy atom. The second-order valence-electron chi connectivity index (χ2n) is 11.3. The second-order valence-corrected chi connectivity index (χ2v) is 11.8. The number of hydrogen-bond donors (Lipinski definition) is 0. The number of fused-ring (bicyclic) bond motifs is 1. The van der Waals surface area contributed by atoms with Gasteiger partial charge in [0.25, 0.3) is 0 Å². The zero-order valence-electron chi connectivity index (χ0n) is 21.5. The molecule has 0 bridgehead atoms. The summed E-state index contributed by atoms with van der Waals surface area (Å²) >= 11 is 6.28. The molecule has 2 aliphatic heterocycles. The summed E-state index contributed by atoms with van der Waals surface area (Å²) in [5.74, 6) is 0.0301. The molecular formula is C26H36ClN5O3. The first-order valence-corrected chi connectivity index (χ1v) is 12.5. The quantitative estimate of drug-likeness (QED) is 0.628. The summed E-state index contributed by atoms with van der Waals surface area (Å²) in [7, 11) is 0. The van der Waals surface area contributed by atoms with Crippen molar-refractivity contribution in [1.82, 2.24) is 19.6 Å². The Labute approximate surface area is 212 Å². The first-order valence-electron chi connectivity index (χ1n) is 12.2. The highest BCUT2D eigenvalue weighted by Crippen LogP contribution is 2.41. The largest absolute Gasteiger partial charge is 0.444 e. The highest BCUT2D eigenvalue weighted by atomic mass is 35.5. The molecule has 190 valence electrons. The molecule has 9 heteroatoms. The van der Waals surface area contributed by atoms with Crippen molar-refractivity contribution < 1.29 is 14.3 Å². The molecule has 2 aromatic rings. The molecule has 2 aliphatic rings. The molecule has 2 atom stereocenters. The predicted octanol–water partition coefficient (Wildman–Crippen LogP) is 4.17. The van der Waals surface area contributed by atoms with E-state index in [1.807, 2.05) is 67.7 Å². The summed E-state index contributed by atoms with van der Waals surface area (Å²) in [6.45, 7) is 14.4. The zero-order valence-corrected chi connectivity index (χ0v) is 22.2. The fourth-order valence-electron chi connectivity index (χ4n) is 5.02. The van der Waals surface area contributed by atoms with Crippen molar-refractivity contribution in [3.05, 3.63) is 47.2 Å². The molecular weight excluding hydrogens is 466 g/mol. The van der Waals surface area contributed by atoms with Gasteiger partial charge in [-0.1, -0.05) is 31.5 Å². The molecule has 0 unspecified atom stereocenters. The third-order valence-electron chi connectivity index (χ3n) is 6.71. The highest BCUT2D eigenvalue weighted by Gasteiger charge is 2.41. The first kappa shape index (κ1) is 25.5. The normalized spacial score (nSPS) is 22.3. The molecule has 0 N–H and O–H groups in total. The van der Waals surface area contributed by atoms with Crippen LogP contribution in [0.4, 0.5) is 10.5 Å². The third-order valence-corrected chi connectivity index (χ3v) is 6.95. The first-order chi connectivity index (χ1) is 16.3. The maximum absolute atomic E-state index is 13.6. The number of halogens is 1. The summed E-state index contributed by atoms with van der Waals surface area (Å²) in [5.41, 5.74) is 1.30. The number of hydrogen-bond acceptors (Lipinski definition) is 5. The summed E-state index contributed by atoms with van der Waals surface area (Å²) in [6, 6.07) is 7.48.